The van der Waals surface area contributed by atoms with Gasteiger partial charge in [-0.15, -0.1) is 0 Å². The lowest BCUT2D eigenvalue weighted by atomic mass is 9.76. The number of likely N-dealkylation sites (tertiary alicyclic amines) is 1. The first kappa shape index (κ1) is 10.4. The van der Waals surface area contributed by atoms with E-state index in [2.05, 4.69) is 25.7 Å². The SMILES string of the molecule is CC(C)(C)C1CN(CC2CCOC2)C1. The number of hydrogen-bond donors (Lipinski definition) is 0. The molecule has 2 aliphatic heterocycles. The molecule has 82 valence electrons. The van der Waals surface area contributed by atoms with Crippen molar-refractivity contribution in [3.63, 3.8) is 0 Å². The fraction of sp³-hybridized carbons (Fsp3) is 1.00. The van der Waals surface area contributed by atoms with E-state index < -0.39 is 0 Å². The fourth-order valence-corrected chi connectivity index (χ4v) is 2.36. The van der Waals surface area contributed by atoms with Crippen LogP contribution in [0.5, 0.6) is 0 Å². The summed E-state index contributed by atoms with van der Waals surface area (Å²) in [5.41, 5.74) is 0.503. The summed E-state index contributed by atoms with van der Waals surface area (Å²) in [6, 6.07) is 0. The van der Waals surface area contributed by atoms with Crippen LogP contribution in [0.1, 0.15) is 27.2 Å². The lowest BCUT2D eigenvalue weighted by Crippen LogP contribution is -2.53. The van der Waals surface area contributed by atoms with Crippen LogP contribution in [0.15, 0.2) is 0 Å². The molecule has 0 saturated carbocycles. The Morgan fingerprint density at radius 3 is 2.50 bits per heavy atom. The molecule has 1 unspecified atom stereocenters. The standard InChI is InChI=1S/C12H23NO/c1-12(2,3)11-7-13(8-11)6-10-4-5-14-9-10/h10-11H,4-9H2,1-3H3. The van der Waals surface area contributed by atoms with Crippen molar-refractivity contribution in [2.45, 2.75) is 27.2 Å². The Labute approximate surface area is 87.6 Å². The maximum atomic E-state index is 5.39. The van der Waals surface area contributed by atoms with Gasteiger partial charge in [0.2, 0.25) is 0 Å². The normalized spacial score (nSPS) is 30.6. The van der Waals surface area contributed by atoms with Crippen LogP contribution >= 0.6 is 0 Å². The number of rotatable bonds is 2. The third kappa shape index (κ3) is 2.29. The quantitative estimate of drug-likeness (QED) is 0.671. The van der Waals surface area contributed by atoms with Gasteiger partial charge in [0, 0.05) is 26.2 Å². The lowest BCUT2D eigenvalue weighted by Gasteiger charge is -2.47. The molecular weight excluding hydrogens is 174 g/mol. The van der Waals surface area contributed by atoms with E-state index in [1.165, 1.54) is 26.1 Å². The second-order valence-electron chi connectivity index (χ2n) is 6.01. The average molecular weight is 197 g/mol. The van der Waals surface area contributed by atoms with Crippen LogP contribution in [0, 0.1) is 17.3 Å². The number of hydrogen-bond acceptors (Lipinski definition) is 2. The summed E-state index contributed by atoms with van der Waals surface area (Å²) in [5.74, 6) is 1.72. The van der Waals surface area contributed by atoms with Gasteiger partial charge in [-0.3, -0.25) is 0 Å². The van der Waals surface area contributed by atoms with E-state index in [1.807, 2.05) is 0 Å². The molecule has 0 amide bonds. The Hall–Kier alpha value is -0.0800. The molecule has 2 fully saturated rings. The first-order valence-corrected chi connectivity index (χ1v) is 5.86. The maximum Gasteiger partial charge on any atom is 0.0507 e. The van der Waals surface area contributed by atoms with Crippen molar-refractivity contribution >= 4 is 0 Å². The van der Waals surface area contributed by atoms with Crippen molar-refractivity contribution in [2.24, 2.45) is 17.3 Å². The number of ether oxygens (including phenoxy) is 1. The summed E-state index contributed by atoms with van der Waals surface area (Å²) in [6.07, 6.45) is 1.27. The summed E-state index contributed by atoms with van der Waals surface area (Å²) in [4.78, 5) is 2.59. The van der Waals surface area contributed by atoms with Gasteiger partial charge in [0.1, 0.15) is 0 Å². The smallest absolute Gasteiger partial charge is 0.0507 e. The largest absolute Gasteiger partial charge is 0.381 e. The van der Waals surface area contributed by atoms with Gasteiger partial charge in [0.05, 0.1) is 6.61 Å². The van der Waals surface area contributed by atoms with E-state index >= 15 is 0 Å². The van der Waals surface area contributed by atoms with E-state index in [4.69, 9.17) is 4.74 Å². The second-order valence-corrected chi connectivity index (χ2v) is 6.01. The zero-order valence-corrected chi connectivity index (χ0v) is 9.75. The van der Waals surface area contributed by atoms with Gasteiger partial charge >= 0.3 is 0 Å². The van der Waals surface area contributed by atoms with Crippen molar-refractivity contribution in [3.05, 3.63) is 0 Å². The molecule has 14 heavy (non-hydrogen) atoms. The first-order chi connectivity index (χ1) is 6.55. The highest BCUT2D eigenvalue weighted by Gasteiger charge is 2.36. The summed E-state index contributed by atoms with van der Waals surface area (Å²) in [6.45, 7) is 12.9. The minimum atomic E-state index is 0.503. The van der Waals surface area contributed by atoms with Crippen LogP contribution in [0.2, 0.25) is 0 Å². The summed E-state index contributed by atoms with van der Waals surface area (Å²) >= 11 is 0. The lowest BCUT2D eigenvalue weighted by molar-refractivity contribution is 0.0128. The molecule has 2 saturated heterocycles. The van der Waals surface area contributed by atoms with E-state index in [9.17, 15) is 0 Å². The van der Waals surface area contributed by atoms with Crippen molar-refractivity contribution in [3.8, 4) is 0 Å². The molecule has 0 radical (unpaired) electrons. The fourth-order valence-electron chi connectivity index (χ4n) is 2.36. The van der Waals surface area contributed by atoms with Gasteiger partial charge < -0.3 is 9.64 Å². The van der Waals surface area contributed by atoms with Crippen molar-refractivity contribution in [1.82, 2.24) is 4.90 Å². The summed E-state index contributed by atoms with van der Waals surface area (Å²) < 4.78 is 5.39. The molecule has 0 aliphatic carbocycles. The Morgan fingerprint density at radius 2 is 2.00 bits per heavy atom. The van der Waals surface area contributed by atoms with Crippen LogP contribution in [0.25, 0.3) is 0 Å². The minimum Gasteiger partial charge on any atom is -0.381 e. The summed E-state index contributed by atoms with van der Waals surface area (Å²) in [5, 5.41) is 0. The monoisotopic (exact) mass is 197 g/mol. The third-order valence-corrected chi connectivity index (χ3v) is 3.72. The van der Waals surface area contributed by atoms with Crippen LogP contribution < -0.4 is 0 Å². The van der Waals surface area contributed by atoms with E-state index in [0.29, 0.717) is 5.41 Å². The molecule has 0 aromatic rings. The van der Waals surface area contributed by atoms with Gasteiger partial charge in [-0.25, -0.2) is 0 Å². The van der Waals surface area contributed by atoms with E-state index in [-0.39, 0.29) is 0 Å². The maximum absolute atomic E-state index is 5.39. The molecule has 2 heteroatoms. The number of nitrogens with zero attached hydrogens (tertiary/aromatic N) is 1. The van der Waals surface area contributed by atoms with Crippen LogP contribution in [-0.4, -0.2) is 37.7 Å². The second kappa shape index (κ2) is 3.82. The van der Waals surface area contributed by atoms with Crippen LogP contribution in [0.4, 0.5) is 0 Å². The molecule has 0 aromatic heterocycles. The van der Waals surface area contributed by atoms with Crippen LogP contribution in [-0.2, 0) is 4.74 Å². The molecule has 2 heterocycles. The average Bonchev–Trinajstić information content (AvgIpc) is 2.44. The highest BCUT2D eigenvalue weighted by atomic mass is 16.5. The highest BCUT2D eigenvalue weighted by Crippen LogP contribution is 2.34. The molecular formula is C12H23NO. The van der Waals surface area contributed by atoms with Crippen molar-refractivity contribution in [2.75, 3.05) is 32.8 Å². The van der Waals surface area contributed by atoms with Gasteiger partial charge in [-0.2, -0.15) is 0 Å². The Morgan fingerprint density at radius 1 is 1.29 bits per heavy atom. The van der Waals surface area contributed by atoms with Crippen molar-refractivity contribution in [1.29, 1.82) is 0 Å². The predicted octanol–water partition coefficient (Wildman–Crippen LogP) is 2.00. The molecule has 1 atom stereocenters. The predicted molar refractivity (Wildman–Crippen MR) is 58.3 cm³/mol. The molecule has 0 spiro atoms. The van der Waals surface area contributed by atoms with Gasteiger partial charge in [-0.1, -0.05) is 20.8 Å². The topological polar surface area (TPSA) is 12.5 Å². The van der Waals surface area contributed by atoms with Gasteiger partial charge in [-0.05, 0) is 23.7 Å². The molecule has 0 aromatic carbocycles. The zero-order valence-electron chi connectivity index (χ0n) is 9.75. The Balaban J connectivity index is 1.67. The van der Waals surface area contributed by atoms with Gasteiger partial charge in [0.25, 0.3) is 0 Å². The molecule has 0 bridgehead atoms. The highest BCUT2D eigenvalue weighted by molar-refractivity contribution is 4.89. The Kier molecular flexibility index (Phi) is 2.85. The molecule has 0 N–H and O–H groups in total. The first-order valence-electron chi connectivity index (χ1n) is 5.86. The Bertz CT molecular complexity index is 185. The van der Waals surface area contributed by atoms with Crippen LogP contribution in [0.3, 0.4) is 0 Å². The van der Waals surface area contributed by atoms with E-state index in [0.717, 1.165) is 25.0 Å². The zero-order chi connectivity index (χ0) is 10.2. The van der Waals surface area contributed by atoms with Gasteiger partial charge in [0.15, 0.2) is 0 Å². The van der Waals surface area contributed by atoms with Crippen molar-refractivity contribution < 1.29 is 4.74 Å². The molecule has 2 aliphatic rings. The minimum absolute atomic E-state index is 0.503. The molecule has 2 rings (SSSR count). The summed E-state index contributed by atoms with van der Waals surface area (Å²) in [7, 11) is 0. The third-order valence-electron chi connectivity index (χ3n) is 3.72. The molecule has 2 nitrogen and oxygen atoms in total. The van der Waals surface area contributed by atoms with E-state index in [1.54, 1.807) is 0 Å².